The van der Waals surface area contributed by atoms with Crippen LogP contribution >= 0.6 is 0 Å². The number of hydrogen-bond donors (Lipinski definition) is 1. The highest BCUT2D eigenvalue weighted by molar-refractivity contribution is 5.59. The van der Waals surface area contributed by atoms with E-state index in [1.807, 2.05) is 13.8 Å². The van der Waals surface area contributed by atoms with Gasteiger partial charge in [0.05, 0.1) is 12.3 Å². The predicted octanol–water partition coefficient (Wildman–Crippen LogP) is 1.82. The molecule has 5 nitrogen and oxygen atoms in total. The van der Waals surface area contributed by atoms with Gasteiger partial charge in [-0.2, -0.15) is 10.4 Å². The lowest BCUT2D eigenvalue weighted by Gasteiger charge is -2.38. The Balaban J connectivity index is 2.46. The second-order valence-corrected chi connectivity index (χ2v) is 5.14. The van der Waals surface area contributed by atoms with Crippen LogP contribution in [0.2, 0.25) is 0 Å². The Morgan fingerprint density at radius 1 is 1.30 bits per heavy atom. The molecule has 1 fully saturated rings. The van der Waals surface area contributed by atoms with Gasteiger partial charge in [-0.3, -0.25) is 0 Å². The van der Waals surface area contributed by atoms with Gasteiger partial charge in [0, 0.05) is 12.6 Å². The second kappa shape index (κ2) is 6.67. The molecule has 0 unspecified atom stereocenters. The van der Waals surface area contributed by atoms with E-state index in [0.29, 0.717) is 24.0 Å². The number of hydrogen-bond acceptors (Lipinski definition) is 5. The average molecular weight is 274 g/mol. The van der Waals surface area contributed by atoms with E-state index in [1.54, 1.807) is 0 Å². The number of aromatic nitrogens is 2. The van der Waals surface area contributed by atoms with Gasteiger partial charge < -0.3 is 10.0 Å². The maximum atomic E-state index is 9.53. The number of aryl methyl sites for hydroxylation is 1. The molecule has 5 heteroatoms. The Kier molecular flexibility index (Phi) is 4.91. The summed E-state index contributed by atoms with van der Waals surface area (Å²) >= 11 is 0. The molecule has 1 heterocycles. The number of nitrogens with zero attached hydrogens (tertiary/aromatic N) is 4. The van der Waals surface area contributed by atoms with Crippen molar-refractivity contribution in [1.29, 1.82) is 5.26 Å². The van der Waals surface area contributed by atoms with Crippen LogP contribution in [0.25, 0.3) is 0 Å². The summed E-state index contributed by atoms with van der Waals surface area (Å²) < 4.78 is 0. The van der Waals surface area contributed by atoms with E-state index >= 15 is 0 Å². The summed E-state index contributed by atoms with van der Waals surface area (Å²) in [6.07, 6.45) is 4.98. The number of anilines is 1. The SMILES string of the molecule is CCc1nnc(N(CCO)C2CCC2)c(C#N)c1CC. The van der Waals surface area contributed by atoms with Crippen LogP contribution in [0.1, 0.15) is 49.9 Å². The minimum Gasteiger partial charge on any atom is -0.395 e. The summed E-state index contributed by atoms with van der Waals surface area (Å²) in [5.41, 5.74) is 2.55. The number of aliphatic hydroxyl groups excluding tert-OH is 1. The fraction of sp³-hybridized carbons (Fsp3) is 0.667. The second-order valence-electron chi connectivity index (χ2n) is 5.14. The molecule has 1 aliphatic rings. The van der Waals surface area contributed by atoms with Gasteiger partial charge >= 0.3 is 0 Å². The lowest BCUT2D eigenvalue weighted by Crippen LogP contribution is -2.43. The summed E-state index contributed by atoms with van der Waals surface area (Å²) in [6, 6.07) is 2.70. The van der Waals surface area contributed by atoms with Crippen LogP contribution in [0.15, 0.2) is 0 Å². The Labute approximate surface area is 120 Å². The van der Waals surface area contributed by atoms with Gasteiger partial charge in [-0.25, -0.2) is 0 Å². The zero-order chi connectivity index (χ0) is 14.5. The topological polar surface area (TPSA) is 73.0 Å². The molecule has 0 aliphatic heterocycles. The molecule has 20 heavy (non-hydrogen) atoms. The minimum atomic E-state index is 0.0695. The molecule has 1 N–H and O–H groups in total. The van der Waals surface area contributed by atoms with Crippen molar-refractivity contribution in [2.24, 2.45) is 0 Å². The van der Waals surface area contributed by atoms with E-state index in [-0.39, 0.29) is 6.61 Å². The third-order valence-electron chi connectivity index (χ3n) is 4.07. The molecule has 1 aliphatic carbocycles. The highest BCUT2D eigenvalue weighted by Crippen LogP contribution is 2.31. The standard InChI is InChI=1S/C15H22N4O/c1-3-12-13(10-16)15(18-17-14(12)4-2)19(8-9-20)11-6-5-7-11/h11,20H,3-9H2,1-2H3. The smallest absolute Gasteiger partial charge is 0.169 e. The molecular formula is C15H22N4O. The fourth-order valence-electron chi connectivity index (χ4n) is 2.75. The first kappa shape index (κ1) is 14.7. The van der Waals surface area contributed by atoms with Crippen molar-refractivity contribution in [2.45, 2.75) is 52.0 Å². The quantitative estimate of drug-likeness (QED) is 0.856. The zero-order valence-electron chi connectivity index (χ0n) is 12.3. The molecule has 0 saturated heterocycles. The summed E-state index contributed by atoms with van der Waals surface area (Å²) in [6.45, 7) is 4.66. The largest absolute Gasteiger partial charge is 0.395 e. The van der Waals surface area contributed by atoms with Crippen LogP contribution in [0.4, 0.5) is 5.82 Å². The third kappa shape index (κ3) is 2.61. The Hall–Kier alpha value is -1.67. The van der Waals surface area contributed by atoms with Gasteiger partial charge in [-0.15, -0.1) is 5.10 Å². The predicted molar refractivity (Wildman–Crippen MR) is 77.6 cm³/mol. The van der Waals surface area contributed by atoms with Gasteiger partial charge in [0.1, 0.15) is 11.6 Å². The zero-order valence-corrected chi connectivity index (χ0v) is 12.3. The molecule has 108 valence electrons. The Bertz CT molecular complexity index is 505. The van der Waals surface area contributed by atoms with E-state index in [2.05, 4.69) is 21.2 Å². The minimum absolute atomic E-state index is 0.0695. The van der Waals surface area contributed by atoms with E-state index in [4.69, 9.17) is 0 Å². The van der Waals surface area contributed by atoms with Crippen LogP contribution < -0.4 is 4.90 Å². The molecule has 1 aromatic rings. The molecule has 1 saturated carbocycles. The van der Waals surface area contributed by atoms with Crippen molar-refractivity contribution in [3.8, 4) is 6.07 Å². The molecular weight excluding hydrogens is 252 g/mol. The van der Waals surface area contributed by atoms with E-state index in [9.17, 15) is 10.4 Å². The van der Waals surface area contributed by atoms with Gasteiger partial charge in [-0.1, -0.05) is 13.8 Å². The fourth-order valence-corrected chi connectivity index (χ4v) is 2.75. The molecule has 0 amide bonds. The summed E-state index contributed by atoms with van der Waals surface area (Å²) in [7, 11) is 0. The third-order valence-corrected chi connectivity index (χ3v) is 4.07. The van der Waals surface area contributed by atoms with E-state index in [0.717, 1.165) is 36.9 Å². The molecule has 0 bridgehead atoms. The molecule has 1 aromatic heterocycles. The normalized spacial score (nSPS) is 14.7. The summed E-state index contributed by atoms with van der Waals surface area (Å²) in [5, 5.41) is 27.4. The van der Waals surface area contributed by atoms with Crippen molar-refractivity contribution in [2.75, 3.05) is 18.1 Å². The van der Waals surface area contributed by atoms with Crippen molar-refractivity contribution in [3.63, 3.8) is 0 Å². The van der Waals surface area contributed by atoms with Crippen LogP contribution in [0.5, 0.6) is 0 Å². The van der Waals surface area contributed by atoms with Gasteiger partial charge in [0.2, 0.25) is 0 Å². The van der Waals surface area contributed by atoms with Crippen molar-refractivity contribution < 1.29 is 5.11 Å². The van der Waals surface area contributed by atoms with Crippen molar-refractivity contribution in [1.82, 2.24) is 10.2 Å². The molecule has 2 rings (SSSR count). The Morgan fingerprint density at radius 3 is 2.50 bits per heavy atom. The number of aliphatic hydroxyl groups is 1. The summed E-state index contributed by atoms with van der Waals surface area (Å²) in [5.74, 6) is 0.653. The van der Waals surface area contributed by atoms with Gasteiger partial charge in [-0.05, 0) is 37.7 Å². The van der Waals surface area contributed by atoms with Crippen LogP contribution in [-0.2, 0) is 12.8 Å². The maximum Gasteiger partial charge on any atom is 0.169 e. The molecule has 0 radical (unpaired) electrons. The van der Waals surface area contributed by atoms with E-state index in [1.165, 1.54) is 6.42 Å². The van der Waals surface area contributed by atoms with Gasteiger partial charge in [0.15, 0.2) is 5.82 Å². The first-order valence-corrected chi connectivity index (χ1v) is 7.42. The maximum absolute atomic E-state index is 9.53. The van der Waals surface area contributed by atoms with Crippen molar-refractivity contribution in [3.05, 3.63) is 16.8 Å². The molecule has 0 atom stereocenters. The van der Waals surface area contributed by atoms with Crippen molar-refractivity contribution >= 4 is 5.82 Å². The lowest BCUT2D eigenvalue weighted by atomic mass is 9.91. The Morgan fingerprint density at radius 2 is 2.05 bits per heavy atom. The van der Waals surface area contributed by atoms with Crippen LogP contribution in [0.3, 0.4) is 0 Å². The molecule has 0 aromatic carbocycles. The lowest BCUT2D eigenvalue weighted by molar-refractivity contribution is 0.282. The molecule has 0 spiro atoms. The first-order valence-electron chi connectivity index (χ1n) is 7.42. The van der Waals surface area contributed by atoms with E-state index < -0.39 is 0 Å². The highest BCUT2D eigenvalue weighted by Gasteiger charge is 2.29. The summed E-state index contributed by atoms with van der Waals surface area (Å²) in [4.78, 5) is 2.06. The van der Waals surface area contributed by atoms with Crippen LogP contribution in [-0.4, -0.2) is 34.5 Å². The highest BCUT2D eigenvalue weighted by atomic mass is 16.3. The number of nitriles is 1. The van der Waals surface area contributed by atoms with Crippen LogP contribution in [0, 0.1) is 11.3 Å². The van der Waals surface area contributed by atoms with Gasteiger partial charge in [0.25, 0.3) is 0 Å². The first-order chi connectivity index (χ1) is 9.76. The monoisotopic (exact) mass is 274 g/mol. The average Bonchev–Trinajstić information content (AvgIpc) is 2.43. The number of rotatable bonds is 6.